The van der Waals surface area contributed by atoms with Crippen molar-refractivity contribution in [2.24, 2.45) is 0 Å². The predicted octanol–water partition coefficient (Wildman–Crippen LogP) is 20.5. The molecule has 0 spiro atoms. The Morgan fingerprint density at radius 2 is 1.20 bits per heavy atom. The number of rotatable bonds is 10. The first-order chi connectivity index (χ1) is 41.6. The van der Waals surface area contributed by atoms with Crippen molar-refractivity contribution in [3.8, 4) is 56.4 Å². The summed E-state index contributed by atoms with van der Waals surface area (Å²) in [7, 11) is 0. The van der Waals surface area contributed by atoms with E-state index in [9.17, 15) is 0 Å². The number of fused-ring (bicyclic) bond motifs is 8. The van der Waals surface area contributed by atoms with Crippen molar-refractivity contribution < 1.29 is 31.5 Å². The zero-order valence-electron chi connectivity index (χ0n) is 52.2. The molecule has 14 aromatic rings. The van der Waals surface area contributed by atoms with Gasteiger partial charge in [0.2, 0.25) is 0 Å². The molecule has 402 valence electrons. The van der Waals surface area contributed by atoms with Crippen molar-refractivity contribution in [2.75, 3.05) is 0 Å². The molecule has 6 heteroatoms. The minimum atomic E-state index is -0.396. The Labute approximate surface area is 506 Å². The summed E-state index contributed by atoms with van der Waals surface area (Å²) in [6.07, 6.45) is 0. The minimum Gasteiger partial charge on any atom is -0.333 e. The quantitative estimate of drug-likeness (QED) is 0.0777. The van der Waals surface area contributed by atoms with Crippen LogP contribution in [0.5, 0.6) is 0 Å². The SMILES string of the molecule is CC(C)c1cccc(C(C)C)c1-n1c(-c2[c-]cccc2)nc2ccccc21.[2H]c1c([2H])c([2H])c(-c2cc3cc4sc5c(-c6[n-]c7ccccc7[n+]6-c6c(C(C)C)cc(-c7ccccc7)cc6C(C)C)[c-]ccc5c4cc3c3ccccc23)c([2H])c1[2H].[Ir+3]. The molecule has 0 aliphatic rings. The molecule has 4 nitrogen and oxygen atoms in total. The Hall–Kier alpha value is -8.25. The van der Waals surface area contributed by atoms with Crippen molar-refractivity contribution >= 4 is 75.1 Å². The predicted molar refractivity (Wildman–Crippen MR) is 344 cm³/mol. The summed E-state index contributed by atoms with van der Waals surface area (Å²) >= 11 is 1.71. The second-order valence-electron chi connectivity index (χ2n) is 22.3. The standard InChI is InChI=1S/C51H39N2S.C25H25N2.Ir/c1-31(2)41-26-35(33-16-7-5-8-17-33)27-42(32(3)4)49(41)53-47-25-14-13-24-46(47)52-51(53)40-23-15-22-39-45-30-44-36(29-48(45)54-50(39)40)28-43(34-18-9-6-10-19-34)37-20-11-12-21-38(37)44;1-17(2)20-13-10-14-21(18(3)4)24(20)27-23-16-9-8-15-22(23)26-25(27)19-11-6-5-7-12-19;/h5-22,24-32H,1-4H3;5-11,13-18H,1-4H3;/q2*-1;+3/i6D,9D,10D,18D,19D;;. The number of thiophene rings is 1. The summed E-state index contributed by atoms with van der Waals surface area (Å²) in [4.78, 5) is 10.4. The third-order valence-electron chi connectivity index (χ3n) is 15.8. The summed E-state index contributed by atoms with van der Waals surface area (Å²) in [6, 6.07) is 71.0. The summed E-state index contributed by atoms with van der Waals surface area (Å²) in [5.41, 5.74) is 17.0. The van der Waals surface area contributed by atoms with Crippen molar-refractivity contribution in [3.63, 3.8) is 0 Å². The van der Waals surface area contributed by atoms with Crippen molar-refractivity contribution in [1.29, 1.82) is 0 Å². The summed E-state index contributed by atoms with van der Waals surface area (Å²) in [5, 5.41) is 6.00. The molecule has 0 amide bonds. The van der Waals surface area contributed by atoms with E-state index in [4.69, 9.17) is 16.8 Å². The number of para-hydroxylation sites is 5. The number of aromatic nitrogens is 4. The molecule has 0 saturated carbocycles. The topological polar surface area (TPSA) is 35.8 Å². The minimum absolute atomic E-state index is 0. The van der Waals surface area contributed by atoms with Crippen LogP contribution in [0.15, 0.2) is 218 Å². The van der Waals surface area contributed by atoms with Gasteiger partial charge in [0.05, 0.1) is 40.6 Å². The Balaban J connectivity index is 0.000000221. The Morgan fingerprint density at radius 3 is 1.90 bits per heavy atom. The molecular formula is C76H64IrN4S+. The molecule has 3 aromatic heterocycles. The van der Waals surface area contributed by atoms with Gasteiger partial charge in [0, 0.05) is 16.1 Å². The maximum absolute atomic E-state index is 8.83. The second-order valence-corrected chi connectivity index (χ2v) is 23.4. The van der Waals surface area contributed by atoms with E-state index in [1.165, 1.54) is 44.8 Å². The largest absolute Gasteiger partial charge is 3.00 e. The summed E-state index contributed by atoms with van der Waals surface area (Å²) in [5.74, 6) is 3.11. The van der Waals surface area contributed by atoms with Crippen molar-refractivity contribution in [1.82, 2.24) is 14.5 Å². The Kier molecular flexibility index (Phi) is 13.4. The molecular weight excluding hydrogens is 1190 g/mol. The van der Waals surface area contributed by atoms with Gasteiger partial charge in [0.25, 0.3) is 0 Å². The van der Waals surface area contributed by atoms with Crippen LogP contribution in [-0.4, -0.2) is 9.55 Å². The van der Waals surface area contributed by atoms with Gasteiger partial charge in [-0.15, -0.1) is 54.1 Å². The zero-order chi connectivity index (χ0) is 59.8. The fourth-order valence-corrected chi connectivity index (χ4v) is 13.1. The Morgan fingerprint density at radius 1 is 0.537 bits per heavy atom. The molecule has 11 aromatic carbocycles. The van der Waals surface area contributed by atoms with Crippen molar-refractivity contribution in [2.45, 2.75) is 79.1 Å². The van der Waals surface area contributed by atoms with Crippen LogP contribution in [0.2, 0.25) is 0 Å². The average Bonchev–Trinajstić information content (AvgIpc) is 1.77. The second kappa shape index (κ2) is 22.6. The Bertz CT molecular complexity index is 4880. The van der Waals surface area contributed by atoms with Gasteiger partial charge in [-0.3, -0.25) is 9.97 Å². The van der Waals surface area contributed by atoms with E-state index in [2.05, 4.69) is 210 Å². The van der Waals surface area contributed by atoms with E-state index >= 15 is 0 Å². The number of hydrogen-bond acceptors (Lipinski definition) is 2. The molecule has 82 heavy (non-hydrogen) atoms. The van der Waals surface area contributed by atoms with Gasteiger partial charge < -0.3 is 9.13 Å². The van der Waals surface area contributed by atoms with Crippen LogP contribution in [0.3, 0.4) is 0 Å². The molecule has 0 saturated heterocycles. The van der Waals surface area contributed by atoms with Crippen LogP contribution in [0.25, 0.3) is 120 Å². The van der Waals surface area contributed by atoms with E-state index in [-0.39, 0.29) is 61.7 Å². The maximum Gasteiger partial charge on any atom is 3.00 e. The van der Waals surface area contributed by atoms with Crippen LogP contribution >= 0.6 is 11.3 Å². The molecule has 0 bridgehead atoms. The van der Waals surface area contributed by atoms with E-state index in [1.807, 2.05) is 54.6 Å². The van der Waals surface area contributed by atoms with Crippen LogP contribution in [0.4, 0.5) is 0 Å². The number of benzene rings is 11. The van der Waals surface area contributed by atoms with Crippen LogP contribution in [0.1, 0.15) is 108 Å². The normalized spacial score (nSPS) is 12.6. The summed E-state index contributed by atoms with van der Waals surface area (Å²) < 4.78 is 49.6. The molecule has 0 fully saturated rings. The first-order valence-electron chi connectivity index (χ1n) is 30.7. The molecule has 14 rings (SSSR count). The first-order valence-corrected chi connectivity index (χ1v) is 29.0. The van der Waals surface area contributed by atoms with Gasteiger partial charge >= 0.3 is 20.1 Å². The third-order valence-corrected chi connectivity index (χ3v) is 17.0. The maximum atomic E-state index is 8.83. The van der Waals surface area contributed by atoms with Gasteiger partial charge in [-0.1, -0.05) is 194 Å². The first kappa shape index (κ1) is 48.5. The van der Waals surface area contributed by atoms with Gasteiger partial charge in [-0.25, -0.2) is 0 Å². The van der Waals surface area contributed by atoms with Crippen LogP contribution in [-0.2, 0) is 20.1 Å². The van der Waals surface area contributed by atoms with E-state index in [1.54, 1.807) is 11.3 Å². The number of hydrogen-bond donors (Lipinski definition) is 0. The van der Waals surface area contributed by atoms with E-state index in [0.29, 0.717) is 17.4 Å². The van der Waals surface area contributed by atoms with E-state index in [0.717, 1.165) is 86.6 Å². The van der Waals surface area contributed by atoms with Crippen molar-refractivity contribution in [3.05, 3.63) is 253 Å². The zero-order valence-corrected chi connectivity index (χ0v) is 50.4. The number of nitrogens with zero attached hydrogens (tertiary/aromatic N) is 4. The smallest absolute Gasteiger partial charge is 0.333 e. The van der Waals surface area contributed by atoms with Gasteiger partial charge in [0.15, 0.2) is 0 Å². The summed E-state index contributed by atoms with van der Waals surface area (Å²) in [6.45, 7) is 18.1. The van der Waals surface area contributed by atoms with Gasteiger partial charge in [-0.05, 0) is 154 Å². The fraction of sp³-hybridized carbons (Fsp3) is 0.158. The average molecular weight is 1260 g/mol. The molecule has 3 heterocycles. The molecule has 0 N–H and O–H groups in total. The molecule has 0 aliphatic carbocycles. The molecule has 0 aliphatic heterocycles. The monoisotopic (exact) mass is 1260 g/mol. The van der Waals surface area contributed by atoms with Crippen LogP contribution < -0.4 is 9.55 Å². The third kappa shape index (κ3) is 9.67. The van der Waals surface area contributed by atoms with Gasteiger partial charge in [-0.2, -0.15) is 11.3 Å². The van der Waals surface area contributed by atoms with Crippen LogP contribution in [0, 0.1) is 12.1 Å². The molecule has 0 atom stereocenters. The van der Waals surface area contributed by atoms with E-state index < -0.39 is 6.04 Å². The molecule has 0 radical (unpaired) electrons. The van der Waals surface area contributed by atoms with Gasteiger partial charge in [0.1, 0.15) is 0 Å². The number of imidazole rings is 2. The molecule has 0 unspecified atom stereocenters. The fourth-order valence-electron chi connectivity index (χ4n) is 11.9.